The first-order chi connectivity index (χ1) is 12.9. The molecule has 2 aromatic carbocycles. The first-order valence-corrected chi connectivity index (χ1v) is 10.5. The molecule has 0 radical (unpaired) electrons. The third-order valence-electron chi connectivity index (χ3n) is 4.87. The highest BCUT2D eigenvalue weighted by Crippen LogP contribution is 2.22. The first kappa shape index (κ1) is 19.4. The van der Waals surface area contributed by atoms with Crippen molar-refractivity contribution >= 4 is 15.9 Å². The molecule has 0 unspecified atom stereocenters. The van der Waals surface area contributed by atoms with Crippen molar-refractivity contribution in [2.45, 2.75) is 37.1 Å². The Hall–Kier alpha value is -2.38. The number of aryl methyl sites for hydroxylation is 1. The predicted molar refractivity (Wildman–Crippen MR) is 103 cm³/mol. The van der Waals surface area contributed by atoms with E-state index in [1.54, 1.807) is 24.3 Å². The van der Waals surface area contributed by atoms with Gasteiger partial charge >= 0.3 is 0 Å². The number of benzene rings is 2. The van der Waals surface area contributed by atoms with E-state index in [0.29, 0.717) is 36.4 Å². The molecule has 2 N–H and O–H groups in total. The molecule has 1 heterocycles. The van der Waals surface area contributed by atoms with Crippen LogP contribution in [-0.2, 0) is 16.4 Å². The number of amides is 1. The number of carbonyl (C=O) groups excluding carboxylic acids is 1. The number of phenolic OH excluding ortho intramolecular Hbond substituents is 1. The topological polar surface area (TPSA) is 86.7 Å². The molecule has 7 heteroatoms. The number of piperidine rings is 1. The van der Waals surface area contributed by atoms with Crippen LogP contribution in [0.2, 0.25) is 0 Å². The Morgan fingerprint density at radius 3 is 2.41 bits per heavy atom. The second kappa shape index (κ2) is 8.10. The summed E-state index contributed by atoms with van der Waals surface area (Å²) in [6.45, 7) is 2.76. The van der Waals surface area contributed by atoms with Crippen molar-refractivity contribution in [2.75, 3.05) is 13.1 Å². The molecule has 0 aromatic heterocycles. The van der Waals surface area contributed by atoms with Gasteiger partial charge in [0, 0.05) is 24.7 Å². The summed E-state index contributed by atoms with van der Waals surface area (Å²) in [6.07, 6.45) is 1.97. The molecule has 27 heavy (non-hydrogen) atoms. The fourth-order valence-electron chi connectivity index (χ4n) is 3.20. The molecule has 144 valence electrons. The van der Waals surface area contributed by atoms with E-state index >= 15 is 0 Å². The zero-order chi connectivity index (χ0) is 19.4. The first-order valence-electron chi connectivity index (χ1n) is 9.09. The molecule has 0 saturated carbocycles. The van der Waals surface area contributed by atoms with E-state index < -0.39 is 10.0 Å². The number of hydrogen-bond donors (Lipinski definition) is 2. The Bertz CT molecular complexity index is 902. The summed E-state index contributed by atoms with van der Waals surface area (Å²) in [7, 11) is -3.51. The number of nitrogens with one attached hydrogen (secondary N) is 1. The average Bonchev–Trinajstić information content (AvgIpc) is 2.68. The highest BCUT2D eigenvalue weighted by molar-refractivity contribution is 7.89. The molecule has 1 fully saturated rings. The average molecular weight is 388 g/mol. The highest BCUT2D eigenvalue weighted by Gasteiger charge is 2.30. The number of carbonyl (C=O) groups is 1. The van der Waals surface area contributed by atoms with Gasteiger partial charge in [0.15, 0.2) is 0 Å². The van der Waals surface area contributed by atoms with Gasteiger partial charge in [0.1, 0.15) is 5.75 Å². The maximum Gasteiger partial charge on any atom is 0.251 e. The van der Waals surface area contributed by atoms with Crippen LogP contribution in [0.4, 0.5) is 0 Å². The van der Waals surface area contributed by atoms with Crippen LogP contribution in [0.25, 0.3) is 0 Å². The fourth-order valence-corrected chi connectivity index (χ4v) is 4.67. The molecular weight excluding hydrogens is 364 g/mol. The van der Waals surface area contributed by atoms with Gasteiger partial charge in [0.05, 0.1) is 4.90 Å². The molecule has 1 saturated heterocycles. The Balaban J connectivity index is 1.60. The Morgan fingerprint density at radius 2 is 1.81 bits per heavy atom. The van der Waals surface area contributed by atoms with Crippen molar-refractivity contribution in [2.24, 2.45) is 0 Å². The number of sulfonamides is 1. The Kier molecular flexibility index (Phi) is 5.82. The van der Waals surface area contributed by atoms with Crippen LogP contribution in [-0.4, -0.2) is 42.9 Å². The van der Waals surface area contributed by atoms with Crippen molar-refractivity contribution < 1.29 is 18.3 Å². The third-order valence-corrected chi connectivity index (χ3v) is 6.78. The molecule has 2 aromatic rings. The molecule has 1 amide bonds. The largest absolute Gasteiger partial charge is 0.508 e. The number of aromatic hydroxyl groups is 1. The van der Waals surface area contributed by atoms with Gasteiger partial charge in [-0.15, -0.1) is 0 Å². The zero-order valence-electron chi connectivity index (χ0n) is 15.3. The highest BCUT2D eigenvalue weighted by atomic mass is 32.2. The minimum absolute atomic E-state index is 0.0395. The zero-order valence-corrected chi connectivity index (χ0v) is 16.1. The number of hydrogen-bond acceptors (Lipinski definition) is 4. The quantitative estimate of drug-likeness (QED) is 0.824. The van der Waals surface area contributed by atoms with Gasteiger partial charge in [0.25, 0.3) is 5.91 Å². The second-order valence-electron chi connectivity index (χ2n) is 6.70. The molecule has 3 rings (SSSR count). The SMILES string of the molecule is CCc1ccc(S(=O)(=O)N2CCC(NC(=O)c3cccc(O)c3)CC2)cc1. The number of rotatable bonds is 5. The van der Waals surface area contributed by atoms with Crippen LogP contribution >= 0.6 is 0 Å². The van der Waals surface area contributed by atoms with Crippen molar-refractivity contribution in [3.8, 4) is 5.75 Å². The Labute approximate surface area is 159 Å². The maximum atomic E-state index is 12.8. The molecule has 1 aliphatic rings. The van der Waals surface area contributed by atoms with Gasteiger partial charge < -0.3 is 10.4 Å². The van der Waals surface area contributed by atoms with Crippen LogP contribution in [0.15, 0.2) is 53.4 Å². The lowest BCUT2D eigenvalue weighted by atomic mass is 10.1. The van der Waals surface area contributed by atoms with Gasteiger partial charge in [-0.3, -0.25) is 4.79 Å². The summed E-state index contributed by atoms with van der Waals surface area (Å²) in [6, 6.07) is 13.1. The van der Waals surface area contributed by atoms with E-state index in [1.807, 2.05) is 19.1 Å². The summed E-state index contributed by atoms with van der Waals surface area (Å²) in [5, 5.41) is 12.4. The maximum absolute atomic E-state index is 12.8. The summed E-state index contributed by atoms with van der Waals surface area (Å²) in [5.41, 5.74) is 1.49. The smallest absolute Gasteiger partial charge is 0.251 e. The summed E-state index contributed by atoms with van der Waals surface area (Å²) in [5.74, 6) is -0.222. The predicted octanol–water partition coefficient (Wildman–Crippen LogP) is 2.54. The number of phenols is 1. The van der Waals surface area contributed by atoms with Gasteiger partial charge in [-0.2, -0.15) is 4.31 Å². The van der Waals surface area contributed by atoms with E-state index in [4.69, 9.17) is 0 Å². The van der Waals surface area contributed by atoms with Crippen LogP contribution in [0, 0.1) is 0 Å². The van der Waals surface area contributed by atoms with E-state index in [-0.39, 0.29) is 17.7 Å². The van der Waals surface area contributed by atoms with Gasteiger partial charge in [0.2, 0.25) is 10.0 Å². The number of nitrogens with zero attached hydrogens (tertiary/aromatic N) is 1. The summed E-state index contributed by atoms with van der Waals surface area (Å²) >= 11 is 0. The molecule has 6 nitrogen and oxygen atoms in total. The molecular formula is C20H24N2O4S. The molecule has 0 bridgehead atoms. The lowest BCUT2D eigenvalue weighted by molar-refractivity contribution is 0.0923. The second-order valence-corrected chi connectivity index (χ2v) is 8.64. The lowest BCUT2D eigenvalue weighted by Gasteiger charge is -2.31. The van der Waals surface area contributed by atoms with E-state index in [1.165, 1.54) is 16.4 Å². The third kappa shape index (κ3) is 4.48. The minimum atomic E-state index is -3.51. The minimum Gasteiger partial charge on any atom is -0.508 e. The lowest BCUT2D eigenvalue weighted by Crippen LogP contribution is -2.46. The normalized spacial score (nSPS) is 16.2. The summed E-state index contributed by atoms with van der Waals surface area (Å²) in [4.78, 5) is 12.6. The van der Waals surface area contributed by atoms with Crippen LogP contribution in [0.5, 0.6) is 5.75 Å². The van der Waals surface area contributed by atoms with Crippen molar-refractivity contribution in [3.05, 3.63) is 59.7 Å². The standard InChI is InChI=1S/C20H24N2O4S/c1-2-15-6-8-19(9-7-15)27(25,26)22-12-10-17(11-13-22)21-20(24)16-4-3-5-18(23)14-16/h3-9,14,17,23H,2,10-13H2,1H3,(H,21,24). The summed E-state index contributed by atoms with van der Waals surface area (Å²) < 4.78 is 27.0. The van der Waals surface area contributed by atoms with Gasteiger partial charge in [-0.05, 0) is 55.2 Å². The van der Waals surface area contributed by atoms with Crippen molar-refractivity contribution in [1.29, 1.82) is 0 Å². The monoisotopic (exact) mass is 388 g/mol. The van der Waals surface area contributed by atoms with Crippen LogP contribution in [0.3, 0.4) is 0 Å². The molecule has 1 aliphatic heterocycles. The van der Waals surface area contributed by atoms with Crippen molar-refractivity contribution in [1.82, 2.24) is 9.62 Å². The Morgan fingerprint density at radius 1 is 1.15 bits per heavy atom. The van der Waals surface area contributed by atoms with E-state index in [2.05, 4.69) is 5.32 Å². The van der Waals surface area contributed by atoms with E-state index in [9.17, 15) is 18.3 Å². The van der Waals surface area contributed by atoms with Crippen LogP contribution in [0.1, 0.15) is 35.7 Å². The van der Waals surface area contributed by atoms with E-state index in [0.717, 1.165) is 12.0 Å². The van der Waals surface area contributed by atoms with Crippen LogP contribution < -0.4 is 5.32 Å². The fraction of sp³-hybridized carbons (Fsp3) is 0.350. The molecule has 0 spiro atoms. The molecule has 0 aliphatic carbocycles. The van der Waals surface area contributed by atoms with Crippen molar-refractivity contribution in [3.63, 3.8) is 0 Å². The van der Waals surface area contributed by atoms with Gasteiger partial charge in [-0.1, -0.05) is 25.1 Å². The molecule has 0 atom stereocenters. The van der Waals surface area contributed by atoms with Gasteiger partial charge in [-0.25, -0.2) is 8.42 Å².